The van der Waals surface area contributed by atoms with E-state index in [-0.39, 0.29) is 24.9 Å². The second-order valence-electron chi connectivity index (χ2n) is 13.7. The number of nitrogens with zero attached hydrogens (tertiary/aromatic N) is 4. The monoisotopic (exact) mass is 742 g/mol. The first-order valence-corrected chi connectivity index (χ1v) is 18.7. The predicted molar refractivity (Wildman–Crippen MR) is 211 cm³/mol. The minimum Gasteiger partial charge on any atom is -0.488 e. The van der Waals surface area contributed by atoms with Crippen molar-refractivity contribution in [2.75, 3.05) is 33.8 Å². The highest BCUT2D eigenvalue weighted by Crippen LogP contribution is 2.42. The van der Waals surface area contributed by atoms with Gasteiger partial charge in [0.05, 0.1) is 49.7 Å². The van der Waals surface area contributed by atoms with Crippen LogP contribution >= 0.6 is 0 Å². The minimum absolute atomic E-state index is 0.0427. The summed E-state index contributed by atoms with van der Waals surface area (Å²) in [6.07, 6.45) is 2.69. The number of H-pyrrole nitrogens is 2. The summed E-state index contributed by atoms with van der Waals surface area (Å²) in [4.78, 5) is 58.7. The summed E-state index contributed by atoms with van der Waals surface area (Å²) < 4.78 is 11.2. The zero-order chi connectivity index (χ0) is 38.5. The van der Waals surface area contributed by atoms with Gasteiger partial charge in [-0.2, -0.15) is 0 Å². The number of benzene rings is 4. The van der Waals surface area contributed by atoms with E-state index in [9.17, 15) is 14.4 Å². The maximum absolute atomic E-state index is 13.9. The zero-order valence-electron chi connectivity index (χ0n) is 31.6. The molecule has 0 bridgehead atoms. The first-order valence-electron chi connectivity index (χ1n) is 18.7. The lowest BCUT2D eigenvalue weighted by Crippen LogP contribution is -2.43. The van der Waals surface area contributed by atoms with E-state index in [0.717, 1.165) is 74.2 Å². The SMILES string of the molecule is CCCN(Cc1nc2c(ccc3cc4c(cc32)OCc2cc(-c3cnc(CN(CCC)C(=O)[C@H](NC(=O)OC)c5ccccc5)[nH]3)ccc2-4)[nH]1)C(=O)CNC. The Hall–Kier alpha value is -6.21. The molecule has 13 nitrogen and oxygen atoms in total. The Bertz CT molecular complexity index is 2340. The Kier molecular flexibility index (Phi) is 11.1. The van der Waals surface area contributed by atoms with Crippen molar-refractivity contribution in [1.82, 2.24) is 40.4 Å². The van der Waals surface area contributed by atoms with Crippen molar-refractivity contribution >= 4 is 39.7 Å². The number of carbonyl (C=O) groups excluding carboxylic acids is 3. The number of methoxy groups -OCH3 is 1. The highest BCUT2D eigenvalue weighted by atomic mass is 16.5. The van der Waals surface area contributed by atoms with Crippen molar-refractivity contribution in [3.05, 3.63) is 102 Å². The second kappa shape index (κ2) is 16.4. The molecule has 1 atom stereocenters. The molecule has 55 heavy (non-hydrogen) atoms. The van der Waals surface area contributed by atoms with E-state index >= 15 is 0 Å². The molecule has 284 valence electrons. The van der Waals surface area contributed by atoms with E-state index in [2.05, 4.69) is 68.9 Å². The summed E-state index contributed by atoms with van der Waals surface area (Å²) in [7, 11) is 3.05. The van der Waals surface area contributed by atoms with Crippen LogP contribution in [0.1, 0.15) is 55.5 Å². The molecule has 0 saturated heterocycles. The number of aromatic amines is 2. The van der Waals surface area contributed by atoms with Gasteiger partial charge in [0.2, 0.25) is 11.8 Å². The summed E-state index contributed by atoms with van der Waals surface area (Å²) in [6, 6.07) is 22.9. The number of fused-ring (bicyclic) bond motifs is 6. The third-order valence-corrected chi connectivity index (χ3v) is 9.82. The van der Waals surface area contributed by atoms with Gasteiger partial charge in [-0.25, -0.2) is 14.8 Å². The first kappa shape index (κ1) is 37.1. The van der Waals surface area contributed by atoms with Gasteiger partial charge in [-0.1, -0.05) is 62.4 Å². The Morgan fingerprint density at radius 3 is 2.45 bits per heavy atom. The second-order valence-corrected chi connectivity index (χ2v) is 13.7. The minimum atomic E-state index is -0.903. The summed E-state index contributed by atoms with van der Waals surface area (Å²) >= 11 is 0. The molecular weight excluding hydrogens is 697 g/mol. The van der Waals surface area contributed by atoms with Gasteiger partial charge >= 0.3 is 6.09 Å². The molecule has 3 heterocycles. The molecule has 0 spiro atoms. The predicted octanol–water partition coefficient (Wildman–Crippen LogP) is 6.46. The molecule has 1 aliphatic rings. The van der Waals surface area contributed by atoms with Gasteiger partial charge in [0.25, 0.3) is 0 Å². The van der Waals surface area contributed by atoms with Crippen LogP contribution < -0.4 is 15.4 Å². The highest BCUT2D eigenvalue weighted by molar-refractivity contribution is 6.07. The number of hydrogen-bond donors (Lipinski definition) is 4. The fourth-order valence-electron chi connectivity index (χ4n) is 7.19. The van der Waals surface area contributed by atoms with Crippen LogP contribution in [0.25, 0.3) is 44.2 Å². The van der Waals surface area contributed by atoms with Crippen LogP contribution in [0.5, 0.6) is 5.75 Å². The zero-order valence-corrected chi connectivity index (χ0v) is 31.6. The van der Waals surface area contributed by atoms with E-state index in [1.807, 2.05) is 48.2 Å². The van der Waals surface area contributed by atoms with E-state index in [4.69, 9.17) is 14.5 Å². The van der Waals surface area contributed by atoms with Gasteiger partial charge in [0.15, 0.2) is 0 Å². The standard InChI is InChI=1S/C42H46N8O5/c1-5-16-49(38(51)22-43-3)24-37-45-33-15-13-27-19-32-30-14-12-28(18-29(30)25-55-35(32)20-31(27)40(33)47-37)34-21-44-36(46-34)23-50(17-6-2)41(52)39(48-42(53)54-4)26-10-8-7-9-11-26/h7-15,18-21,39,43H,5-6,16-17,22-25H2,1-4H3,(H,44,46)(H,45,47)(H,48,53)/t39-/m1/s1. The third kappa shape index (κ3) is 7.88. The van der Waals surface area contributed by atoms with Crippen molar-refractivity contribution in [3.63, 3.8) is 0 Å². The molecule has 4 N–H and O–H groups in total. The molecular formula is C42H46N8O5. The maximum atomic E-state index is 13.9. The molecule has 13 heteroatoms. The fourth-order valence-corrected chi connectivity index (χ4v) is 7.19. The topological polar surface area (TPSA) is 158 Å². The molecule has 0 aliphatic carbocycles. The van der Waals surface area contributed by atoms with E-state index in [1.54, 1.807) is 18.1 Å². The van der Waals surface area contributed by atoms with Gasteiger partial charge in [-0.15, -0.1) is 0 Å². The lowest BCUT2D eigenvalue weighted by atomic mass is 9.92. The van der Waals surface area contributed by atoms with Crippen molar-refractivity contribution in [3.8, 4) is 28.1 Å². The molecule has 1 aliphatic heterocycles. The van der Waals surface area contributed by atoms with Gasteiger partial charge in [-0.3, -0.25) is 9.59 Å². The number of aromatic nitrogens is 4. The Morgan fingerprint density at radius 2 is 1.69 bits per heavy atom. The molecule has 2 aromatic heterocycles. The maximum Gasteiger partial charge on any atom is 0.407 e. The van der Waals surface area contributed by atoms with Crippen LogP contribution in [0.15, 0.2) is 79.0 Å². The number of imidazole rings is 2. The summed E-state index contributed by atoms with van der Waals surface area (Å²) in [5.41, 5.74) is 7.35. The quantitative estimate of drug-likeness (QED) is 0.0991. The number of nitrogens with one attached hydrogen (secondary N) is 4. The van der Waals surface area contributed by atoms with Crippen molar-refractivity contribution in [2.45, 2.75) is 52.4 Å². The number of amides is 3. The number of rotatable bonds is 14. The van der Waals surface area contributed by atoms with Crippen LogP contribution in [-0.4, -0.2) is 81.4 Å². The average molecular weight is 743 g/mol. The van der Waals surface area contributed by atoms with Crippen molar-refractivity contribution in [1.29, 1.82) is 0 Å². The van der Waals surface area contributed by atoms with E-state index in [1.165, 1.54) is 7.11 Å². The molecule has 0 saturated carbocycles. The van der Waals surface area contributed by atoms with Gasteiger partial charge in [-0.05, 0) is 71.8 Å². The highest BCUT2D eigenvalue weighted by Gasteiger charge is 2.29. The van der Waals surface area contributed by atoms with E-state index < -0.39 is 12.1 Å². The first-order chi connectivity index (χ1) is 26.8. The Balaban J connectivity index is 1.11. The summed E-state index contributed by atoms with van der Waals surface area (Å²) in [5.74, 6) is 1.96. The molecule has 0 fully saturated rings. The largest absolute Gasteiger partial charge is 0.488 e. The number of ether oxygens (including phenoxy) is 2. The van der Waals surface area contributed by atoms with Gasteiger partial charge in [0, 0.05) is 24.0 Å². The van der Waals surface area contributed by atoms with Crippen molar-refractivity contribution < 1.29 is 23.9 Å². The smallest absolute Gasteiger partial charge is 0.407 e. The van der Waals surface area contributed by atoms with Crippen LogP contribution in [0.2, 0.25) is 0 Å². The summed E-state index contributed by atoms with van der Waals surface area (Å²) in [6.45, 7) is 6.54. The molecule has 0 radical (unpaired) electrons. The molecule has 3 amide bonds. The number of alkyl carbamates (subject to hydrolysis) is 1. The van der Waals surface area contributed by atoms with Crippen LogP contribution in [-0.2, 0) is 34.0 Å². The number of carbonyl (C=O) groups is 3. The molecule has 6 aromatic rings. The van der Waals surface area contributed by atoms with Crippen molar-refractivity contribution in [2.24, 2.45) is 0 Å². The molecule has 4 aromatic carbocycles. The van der Waals surface area contributed by atoms with Crippen LogP contribution in [0.4, 0.5) is 4.79 Å². The number of likely N-dealkylation sites (N-methyl/N-ethyl adjacent to an activating group) is 1. The summed E-state index contributed by atoms with van der Waals surface area (Å²) in [5, 5.41) is 7.68. The fraction of sp³-hybridized carbons (Fsp3) is 0.310. The molecule has 7 rings (SSSR count). The molecule has 0 unspecified atom stereocenters. The lowest BCUT2D eigenvalue weighted by Gasteiger charge is -2.27. The van der Waals surface area contributed by atoms with Crippen LogP contribution in [0, 0.1) is 0 Å². The van der Waals surface area contributed by atoms with Gasteiger partial charge in [0.1, 0.15) is 30.0 Å². The Labute approximate surface area is 319 Å². The third-order valence-electron chi connectivity index (χ3n) is 9.82. The normalized spacial score (nSPS) is 12.4. The Morgan fingerprint density at radius 1 is 0.909 bits per heavy atom. The van der Waals surface area contributed by atoms with E-state index in [0.29, 0.717) is 37.6 Å². The number of hydrogen-bond acceptors (Lipinski definition) is 8. The van der Waals surface area contributed by atoms with Crippen LogP contribution in [0.3, 0.4) is 0 Å². The average Bonchev–Trinajstić information content (AvgIpc) is 3.86. The van der Waals surface area contributed by atoms with Gasteiger partial charge < -0.3 is 39.9 Å². The lowest BCUT2D eigenvalue weighted by molar-refractivity contribution is -0.134.